The molecule has 6 heteroatoms. The van der Waals surface area contributed by atoms with Crippen molar-refractivity contribution in [2.45, 2.75) is 51.4 Å². The molecule has 0 unspecified atom stereocenters. The van der Waals surface area contributed by atoms with Gasteiger partial charge in [0.25, 0.3) is 0 Å². The van der Waals surface area contributed by atoms with Crippen LogP contribution in [-0.4, -0.2) is 48.3 Å². The Labute approximate surface area is 136 Å². The van der Waals surface area contributed by atoms with Crippen molar-refractivity contribution >= 4 is 5.91 Å². The van der Waals surface area contributed by atoms with Crippen LogP contribution < -0.4 is 5.32 Å². The Morgan fingerprint density at radius 2 is 2.13 bits per heavy atom. The van der Waals surface area contributed by atoms with Crippen LogP contribution in [0.2, 0.25) is 0 Å². The summed E-state index contributed by atoms with van der Waals surface area (Å²) in [5, 5.41) is 12.5. The van der Waals surface area contributed by atoms with Crippen LogP contribution in [0.15, 0.2) is 30.3 Å². The molecule has 3 atom stereocenters. The number of rotatable bonds is 7. The number of hydrogen-bond donors (Lipinski definition) is 2. The number of ether oxygens (including phenoxy) is 3. The summed E-state index contributed by atoms with van der Waals surface area (Å²) >= 11 is 0. The predicted molar refractivity (Wildman–Crippen MR) is 84.6 cm³/mol. The van der Waals surface area contributed by atoms with Crippen molar-refractivity contribution in [3.8, 4) is 0 Å². The summed E-state index contributed by atoms with van der Waals surface area (Å²) in [6.07, 6.45) is -0.955. The topological polar surface area (TPSA) is 77.0 Å². The number of amides is 1. The highest BCUT2D eigenvalue weighted by Crippen LogP contribution is 2.26. The van der Waals surface area contributed by atoms with Crippen LogP contribution in [0.25, 0.3) is 0 Å². The molecule has 1 fully saturated rings. The van der Waals surface area contributed by atoms with Crippen molar-refractivity contribution in [3.63, 3.8) is 0 Å². The molecule has 1 aromatic carbocycles. The molecule has 2 rings (SSSR count). The van der Waals surface area contributed by atoms with E-state index >= 15 is 0 Å². The third-order valence-electron chi connectivity index (χ3n) is 3.69. The molecule has 0 aromatic heterocycles. The molecule has 6 nitrogen and oxygen atoms in total. The molecule has 0 bridgehead atoms. The van der Waals surface area contributed by atoms with E-state index in [0.717, 1.165) is 5.56 Å². The third kappa shape index (κ3) is 5.28. The van der Waals surface area contributed by atoms with Gasteiger partial charge >= 0.3 is 0 Å². The molecule has 1 saturated heterocycles. The molecule has 1 aliphatic rings. The van der Waals surface area contributed by atoms with E-state index in [9.17, 15) is 9.90 Å². The largest absolute Gasteiger partial charge is 0.394 e. The average Bonchev–Trinajstić information content (AvgIpc) is 2.87. The van der Waals surface area contributed by atoms with Crippen LogP contribution in [0.3, 0.4) is 0 Å². The monoisotopic (exact) mass is 323 g/mol. The molecule has 1 aromatic rings. The van der Waals surface area contributed by atoms with E-state index in [1.807, 2.05) is 44.2 Å². The molecule has 1 aliphatic heterocycles. The zero-order valence-electron chi connectivity index (χ0n) is 13.8. The first-order chi connectivity index (χ1) is 10.9. The molecule has 23 heavy (non-hydrogen) atoms. The van der Waals surface area contributed by atoms with Gasteiger partial charge in [-0.15, -0.1) is 0 Å². The number of aliphatic hydroxyl groups excluding tert-OH is 1. The molecule has 2 N–H and O–H groups in total. The minimum absolute atomic E-state index is 0.204. The van der Waals surface area contributed by atoms with Crippen molar-refractivity contribution in [1.82, 2.24) is 5.32 Å². The maximum Gasteiger partial charge on any atom is 0.217 e. The van der Waals surface area contributed by atoms with Crippen molar-refractivity contribution in [3.05, 3.63) is 35.9 Å². The van der Waals surface area contributed by atoms with Gasteiger partial charge < -0.3 is 24.6 Å². The van der Waals surface area contributed by atoms with Crippen LogP contribution >= 0.6 is 0 Å². The highest BCUT2D eigenvalue weighted by molar-refractivity contribution is 5.73. The summed E-state index contributed by atoms with van der Waals surface area (Å²) in [6, 6.07) is 9.19. The summed E-state index contributed by atoms with van der Waals surface area (Å²) < 4.78 is 17.2. The van der Waals surface area contributed by atoms with Gasteiger partial charge in [-0.3, -0.25) is 4.79 Å². The van der Waals surface area contributed by atoms with Crippen molar-refractivity contribution < 1.29 is 24.1 Å². The molecule has 0 saturated carbocycles. The fourth-order valence-electron chi connectivity index (χ4n) is 2.60. The van der Waals surface area contributed by atoms with E-state index < -0.39 is 17.9 Å². The quantitative estimate of drug-likeness (QED) is 0.789. The molecule has 0 spiro atoms. The van der Waals surface area contributed by atoms with Crippen LogP contribution in [0.5, 0.6) is 0 Å². The highest BCUT2D eigenvalue weighted by Gasteiger charge is 2.41. The van der Waals surface area contributed by atoms with Crippen LogP contribution in [0, 0.1) is 0 Å². The lowest BCUT2D eigenvalue weighted by atomic mass is 10.1. The van der Waals surface area contributed by atoms with Gasteiger partial charge in [0.2, 0.25) is 5.91 Å². The van der Waals surface area contributed by atoms with Gasteiger partial charge in [0.1, 0.15) is 12.2 Å². The Hall–Kier alpha value is -1.47. The third-order valence-corrected chi connectivity index (χ3v) is 3.69. The molecule has 0 aliphatic carbocycles. The Kier molecular flexibility index (Phi) is 6.12. The Morgan fingerprint density at radius 1 is 1.43 bits per heavy atom. The van der Waals surface area contributed by atoms with E-state index in [1.165, 1.54) is 6.92 Å². The SMILES string of the molecule is CC(=O)N[C@H]([C@@H]1COC(C)(C)O1)[C@@H](CO)OCc1ccccc1. The first-order valence-electron chi connectivity index (χ1n) is 7.76. The summed E-state index contributed by atoms with van der Waals surface area (Å²) in [5.74, 6) is -0.911. The summed E-state index contributed by atoms with van der Waals surface area (Å²) in [6.45, 7) is 5.52. The Morgan fingerprint density at radius 3 is 2.65 bits per heavy atom. The zero-order chi connectivity index (χ0) is 16.9. The maximum absolute atomic E-state index is 11.5. The number of aliphatic hydroxyl groups is 1. The lowest BCUT2D eigenvalue weighted by Gasteiger charge is -2.30. The van der Waals surface area contributed by atoms with Gasteiger partial charge in [0.05, 0.1) is 25.9 Å². The summed E-state index contributed by atoms with van der Waals surface area (Å²) in [5.41, 5.74) is 0.997. The lowest BCUT2D eigenvalue weighted by Crippen LogP contribution is -2.53. The van der Waals surface area contributed by atoms with Gasteiger partial charge in [-0.2, -0.15) is 0 Å². The smallest absolute Gasteiger partial charge is 0.217 e. The van der Waals surface area contributed by atoms with Crippen LogP contribution in [-0.2, 0) is 25.6 Å². The van der Waals surface area contributed by atoms with E-state index in [4.69, 9.17) is 14.2 Å². The van der Waals surface area contributed by atoms with Crippen molar-refractivity contribution in [2.75, 3.05) is 13.2 Å². The Balaban J connectivity index is 2.04. The maximum atomic E-state index is 11.5. The molecule has 1 amide bonds. The van der Waals surface area contributed by atoms with Crippen LogP contribution in [0.4, 0.5) is 0 Å². The second kappa shape index (κ2) is 7.88. The van der Waals surface area contributed by atoms with E-state index in [1.54, 1.807) is 0 Å². The van der Waals surface area contributed by atoms with Gasteiger partial charge in [-0.05, 0) is 19.4 Å². The first kappa shape index (κ1) is 17.9. The molecule has 128 valence electrons. The normalized spacial score (nSPS) is 22.5. The number of carbonyl (C=O) groups is 1. The van der Waals surface area contributed by atoms with E-state index in [2.05, 4.69) is 5.32 Å². The predicted octanol–water partition coefficient (Wildman–Crippen LogP) is 1.22. The van der Waals surface area contributed by atoms with Crippen molar-refractivity contribution in [1.29, 1.82) is 0 Å². The minimum Gasteiger partial charge on any atom is -0.394 e. The van der Waals surface area contributed by atoms with Gasteiger partial charge in [-0.25, -0.2) is 0 Å². The first-order valence-corrected chi connectivity index (χ1v) is 7.76. The summed E-state index contributed by atoms with van der Waals surface area (Å²) in [4.78, 5) is 11.5. The second-order valence-electron chi connectivity index (χ2n) is 6.11. The van der Waals surface area contributed by atoms with Gasteiger partial charge in [0, 0.05) is 6.92 Å². The standard InChI is InChI=1S/C17H25NO5/c1-12(20)18-16(15-11-22-17(2,3)23-15)14(9-19)21-10-13-7-5-4-6-8-13/h4-8,14-16,19H,9-11H2,1-3H3,(H,18,20)/t14-,15+,16+/m1/s1. The zero-order valence-corrected chi connectivity index (χ0v) is 13.8. The number of carbonyl (C=O) groups excluding carboxylic acids is 1. The average molecular weight is 323 g/mol. The number of benzene rings is 1. The number of nitrogens with one attached hydrogen (secondary N) is 1. The van der Waals surface area contributed by atoms with Crippen LogP contribution in [0.1, 0.15) is 26.3 Å². The molecular formula is C17H25NO5. The fraction of sp³-hybridized carbons (Fsp3) is 0.588. The molecule has 0 radical (unpaired) electrons. The fourth-order valence-corrected chi connectivity index (χ4v) is 2.60. The van der Waals surface area contributed by atoms with E-state index in [0.29, 0.717) is 13.2 Å². The lowest BCUT2D eigenvalue weighted by molar-refractivity contribution is -0.152. The molecule has 1 heterocycles. The Bertz CT molecular complexity index is 505. The minimum atomic E-state index is -0.708. The second-order valence-corrected chi connectivity index (χ2v) is 6.11. The van der Waals surface area contributed by atoms with Gasteiger partial charge in [0.15, 0.2) is 5.79 Å². The van der Waals surface area contributed by atoms with Crippen molar-refractivity contribution in [2.24, 2.45) is 0 Å². The van der Waals surface area contributed by atoms with Gasteiger partial charge in [-0.1, -0.05) is 30.3 Å². The molecular weight excluding hydrogens is 298 g/mol. The number of hydrogen-bond acceptors (Lipinski definition) is 5. The van der Waals surface area contributed by atoms with E-state index in [-0.39, 0.29) is 18.6 Å². The summed E-state index contributed by atoms with van der Waals surface area (Å²) in [7, 11) is 0. The highest BCUT2D eigenvalue weighted by atomic mass is 16.7.